The van der Waals surface area contributed by atoms with E-state index in [1.165, 1.54) is 24.6 Å². The highest BCUT2D eigenvalue weighted by atomic mass is 16.4. The SMILES string of the molecule is O=C1C=CC(=O)N1c1ncco1. The van der Waals surface area contributed by atoms with Crippen LogP contribution in [0.15, 0.2) is 29.0 Å². The molecule has 2 rings (SSSR count). The van der Waals surface area contributed by atoms with Gasteiger partial charge >= 0.3 is 6.01 Å². The molecule has 1 aromatic heterocycles. The summed E-state index contributed by atoms with van der Waals surface area (Å²) in [5.74, 6) is -0.857. The third-order valence-corrected chi connectivity index (χ3v) is 1.42. The lowest BCUT2D eigenvalue weighted by Crippen LogP contribution is -2.29. The molecule has 0 fully saturated rings. The summed E-state index contributed by atoms with van der Waals surface area (Å²) in [6.07, 6.45) is 5.02. The van der Waals surface area contributed by atoms with Crippen molar-refractivity contribution < 1.29 is 14.0 Å². The van der Waals surface area contributed by atoms with E-state index >= 15 is 0 Å². The summed E-state index contributed by atoms with van der Waals surface area (Å²) in [6, 6.07) is 0.00926. The summed E-state index contributed by atoms with van der Waals surface area (Å²) in [6.45, 7) is 0. The summed E-state index contributed by atoms with van der Waals surface area (Å²) < 4.78 is 4.79. The highest BCUT2D eigenvalue weighted by molar-refractivity contribution is 6.27. The fourth-order valence-electron chi connectivity index (χ4n) is 0.915. The molecule has 2 heterocycles. The van der Waals surface area contributed by atoms with Crippen LogP contribution in [0.3, 0.4) is 0 Å². The minimum absolute atomic E-state index is 0.00926. The van der Waals surface area contributed by atoms with Crippen molar-refractivity contribution in [1.29, 1.82) is 0 Å². The van der Waals surface area contributed by atoms with E-state index < -0.39 is 11.8 Å². The number of anilines is 1. The summed E-state index contributed by atoms with van der Waals surface area (Å²) >= 11 is 0. The second-order valence-corrected chi connectivity index (χ2v) is 2.16. The molecule has 0 unspecified atom stereocenters. The quantitative estimate of drug-likeness (QED) is 0.552. The standard InChI is InChI=1S/C7H4N2O3/c10-5-1-2-6(11)9(5)7-8-3-4-12-7/h1-4H. The average molecular weight is 164 g/mol. The van der Waals surface area contributed by atoms with Crippen LogP contribution in [0, 0.1) is 0 Å². The van der Waals surface area contributed by atoms with Crippen LogP contribution >= 0.6 is 0 Å². The number of aromatic nitrogens is 1. The first kappa shape index (κ1) is 6.78. The molecule has 0 aliphatic carbocycles. The van der Waals surface area contributed by atoms with Gasteiger partial charge in [-0.3, -0.25) is 9.59 Å². The fraction of sp³-hybridized carbons (Fsp3) is 0. The van der Waals surface area contributed by atoms with Crippen molar-refractivity contribution in [2.24, 2.45) is 0 Å². The van der Waals surface area contributed by atoms with Gasteiger partial charge in [0.05, 0.1) is 6.20 Å². The van der Waals surface area contributed by atoms with Crippen molar-refractivity contribution in [3.05, 3.63) is 24.6 Å². The van der Waals surface area contributed by atoms with Crippen LogP contribution in [-0.2, 0) is 9.59 Å². The molecule has 0 spiro atoms. The van der Waals surface area contributed by atoms with E-state index in [1.807, 2.05) is 0 Å². The first-order chi connectivity index (χ1) is 5.79. The van der Waals surface area contributed by atoms with Gasteiger partial charge in [-0.15, -0.1) is 0 Å². The Morgan fingerprint density at radius 2 is 1.92 bits per heavy atom. The lowest BCUT2D eigenvalue weighted by atomic mass is 10.6. The minimum atomic E-state index is -0.428. The second kappa shape index (κ2) is 2.30. The number of carbonyl (C=O) groups excluding carboxylic acids is 2. The van der Waals surface area contributed by atoms with Crippen LogP contribution in [-0.4, -0.2) is 16.8 Å². The van der Waals surface area contributed by atoms with Gasteiger partial charge in [0.1, 0.15) is 6.26 Å². The monoisotopic (exact) mass is 164 g/mol. The maximum Gasteiger partial charge on any atom is 0.311 e. The topological polar surface area (TPSA) is 63.4 Å². The largest absolute Gasteiger partial charge is 0.431 e. The smallest absolute Gasteiger partial charge is 0.311 e. The maximum absolute atomic E-state index is 11.0. The zero-order valence-electron chi connectivity index (χ0n) is 5.93. The molecule has 0 radical (unpaired) electrons. The van der Waals surface area contributed by atoms with Crippen LogP contribution in [0.4, 0.5) is 6.01 Å². The molecule has 60 valence electrons. The fourth-order valence-corrected chi connectivity index (χ4v) is 0.915. The zero-order valence-corrected chi connectivity index (χ0v) is 5.93. The molecule has 12 heavy (non-hydrogen) atoms. The molecule has 0 bridgehead atoms. The van der Waals surface area contributed by atoms with Crippen LogP contribution in [0.25, 0.3) is 0 Å². The number of carbonyl (C=O) groups is 2. The van der Waals surface area contributed by atoms with Gasteiger partial charge in [-0.25, -0.2) is 4.98 Å². The third-order valence-electron chi connectivity index (χ3n) is 1.42. The van der Waals surface area contributed by atoms with Crippen LogP contribution in [0.1, 0.15) is 0 Å². The van der Waals surface area contributed by atoms with Gasteiger partial charge in [0, 0.05) is 12.2 Å². The zero-order chi connectivity index (χ0) is 8.55. The van der Waals surface area contributed by atoms with Crippen molar-refractivity contribution in [2.75, 3.05) is 4.90 Å². The number of amides is 2. The number of oxazole rings is 1. The predicted octanol–water partition coefficient (Wildman–Crippen LogP) is 0.104. The van der Waals surface area contributed by atoms with E-state index in [4.69, 9.17) is 4.42 Å². The predicted molar refractivity (Wildman–Crippen MR) is 38.1 cm³/mol. The molecule has 2 amide bonds. The van der Waals surface area contributed by atoms with E-state index in [-0.39, 0.29) is 6.01 Å². The molecule has 5 nitrogen and oxygen atoms in total. The summed E-state index contributed by atoms with van der Waals surface area (Å²) in [5.41, 5.74) is 0. The Morgan fingerprint density at radius 3 is 2.42 bits per heavy atom. The first-order valence-electron chi connectivity index (χ1n) is 3.24. The molecular weight excluding hydrogens is 160 g/mol. The molecule has 1 aliphatic rings. The molecule has 0 N–H and O–H groups in total. The van der Waals surface area contributed by atoms with E-state index in [0.717, 1.165) is 4.90 Å². The Bertz CT molecular complexity index is 335. The van der Waals surface area contributed by atoms with Crippen LogP contribution < -0.4 is 4.90 Å². The van der Waals surface area contributed by atoms with Gasteiger partial charge in [-0.1, -0.05) is 0 Å². The van der Waals surface area contributed by atoms with Gasteiger partial charge in [0.15, 0.2) is 0 Å². The molecule has 0 saturated heterocycles. The summed E-state index contributed by atoms with van der Waals surface area (Å²) in [5, 5.41) is 0. The normalized spacial score (nSPS) is 16.2. The van der Waals surface area contributed by atoms with Gasteiger partial charge < -0.3 is 4.42 Å². The lowest BCUT2D eigenvalue weighted by molar-refractivity contribution is -0.120. The molecule has 5 heteroatoms. The lowest BCUT2D eigenvalue weighted by Gasteiger charge is -2.06. The molecule has 0 aromatic carbocycles. The Kier molecular flexibility index (Phi) is 1.30. The average Bonchev–Trinajstić information content (AvgIpc) is 2.61. The Labute approximate surface area is 67.3 Å². The van der Waals surface area contributed by atoms with Gasteiger partial charge in [0.25, 0.3) is 11.8 Å². The summed E-state index contributed by atoms with van der Waals surface area (Å²) in [4.78, 5) is 26.5. The molecule has 0 atom stereocenters. The van der Waals surface area contributed by atoms with E-state index in [0.29, 0.717) is 0 Å². The van der Waals surface area contributed by atoms with Crippen molar-refractivity contribution in [3.8, 4) is 0 Å². The van der Waals surface area contributed by atoms with E-state index in [1.54, 1.807) is 0 Å². The first-order valence-corrected chi connectivity index (χ1v) is 3.24. The summed E-state index contributed by atoms with van der Waals surface area (Å²) in [7, 11) is 0. The highest BCUT2D eigenvalue weighted by Gasteiger charge is 2.28. The highest BCUT2D eigenvalue weighted by Crippen LogP contribution is 2.15. The third kappa shape index (κ3) is 0.833. The van der Waals surface area contributed by atoms with Crippen molar-refractivity contribution in [1.82, 2.24) is 4.98 Å². The number of hydrogen-bond acceptors (Lipinski definition) is 4. The molecular formula is C7H4N2O3. The second-order valence-electron chi connectivity index (χ2n) is 2.16. The number of imide groups is 1. The van der Waals surface area contributed by atoms with Gasteiger partial charge in [0.2, 0.25) is 0 Å². The molecule has 0 saturated carbocycles. The van der Waals surface area contributed by atoms with Crippen molar-refractivity contribution in [2.45, 2.75) is 0 Å². The van der Waals surface area contributed by atoms with Crippen molar-refractivity contribution >= 4 is 17.8 Å². The number of rotatable bonds is 1. The Morgan fingerprint density at radius 1 is 1.25 bits per heavy atom. The van der Waals surface area contributed by atoms with Crippen LogP contribution in [0.2, 0.25) is 0 Å². The maximum atomic E-state index is 11.0. The van der Waals surface area contributed by atoms with E-state index in [2.05, 4.69) is 4.98 Å². The number of hydrogen-bond donors (Lipinski definition) is 0. The van der Waals surface area contributed by atoms with Crippen molar-refractivity contribution in [3.63, 3.8) is 0 Å². The Hall–Kier alpha value is -1.91. The Balaban J connectivity index is 2.37. The molecule has 1 aromatic rings. The van der Waals surface area contributed by atoms with Gasteiger partial charge in [-0.05, 0) is 0 Å². The van der Waals surface area contributed by atoms with Crippen LogP contribution in [0.5, 0.6) is 0 Å². The minimum Gasteiger partial charge on any atom is -0.431 e. The number of nitrogens with zero attached hydrogens (tertiary/aromatic N) is 2. The van der Waals surface area contributed by atoms with E-state index in [9.17, 15) is 9.59 Å². The van der Waals surface area contributed by atoms with Gasteiger partial charge in [-0.2, -0.15) is 4.90 Å². The molecule has 1 aliphatic heterocycles.